The monoisotopic (exact) mass is 695 g/mol. The molecule has 244 valence electrons. The maximum atomic E-state index is 14.4. The molecule has 0 aromatic heterocycles. The number of benzene rings is 4. The number of methoxy groups -OCH3 is 3. The lowest BCUT2D eigenvalue weighted by atomic mass is 10.0. The number of sulfonamides is 1. The maximum absolute atomic E-state index is 14.4. The largest absolute Gasteiger partial charge is 0.496 e. The molecule has 0 spiro atoms. The van der Waals surface area contributed by atoms with E-state index in [9.17, 15) is 26.6 Å². The smallest absolute Gasteiger partial charge is 0.399 e. The van der Waals surface area contributed by atoms with Crippen LogP contribution < -0.4 is 9.47 Å². The van der Waals surface area contributed by atoms with Gasteiger partial charge in [0.15, 0.2) is 0 Å². The van der Waals surface area contributed by atoms with Gasteiger partial charge in [-0.3, -0.25) is 4.57 Å². The molecule has 0 saturated heterocycles. The van der Waals surface area contributed by atoms with E-state index in [-0.39, 0.29) is 34.9 Å². The van der Waals surface area contributed by atoms with Crippen LogP contribution in [0, 0.1) is 0 Å². The SMILES string of the molecule is COC(=O)c1cc(-c2ccc(CN(Cc3ccc(C(F)(F)P(=O)(O)O)c(Cl)c3)S(=O)(=O)c3ccccc3OC)cc2)ccc1OC. The van der Waals surface area contributed by atoms with Crippen molar-refractivity contribution in [2.75, 3.05) is 21.3 Å². The van der Waals surface area contributed by atoms with Crippen molar-refractivity contribution in [1.29, 1.82) is 0 Å². The summed E-state index contributed by atoms with van der Waals surface area (Å²) in [7, 11) is -6.15. The van der Waals surface area contributed by atoms with Crippen LogP contribution in [-0.2, 0) is 38.1 Å². The summed E-state index contributed by atoms with van der Waals surface area (Å²) < 4.78 is 84.5. The minimum Gasteiger partial charge on any atom is -0.496 e. The second-order valence-corrected chi connectivity index (χ2v) is 13.9. The lowest BCUT2D eigenvalue weighted by Gasteiger charge is -2.24. The number of ether oxygens (including phenoxy) is 3. The number of para-hydroxylation sites is 1. The molecular weight excluding hydrogens is 667 g/mol. The second kappa shape index (κ2) is 13.9. The van der Waals surface area contributed by atoms with E-state index in [0.717, 1.165) is 22.5 Å². The second-order valence-electron chi connectivity index (χ2n) is 9.93. The van der Waals surface area contributed by atoms with E-state index in [1.54, 1.807) is 48.5 Å². The lowest BCUT2D eigenvalue weighted by molar-refractivity contribution is 0.0565. The predicted octanol–water partition coefficient (Wildman–Crippen LogP) is 6.43. The van der Waals surface area contributed by atoms with Gasteiger partial charge in [0.25, 0.3) is 0 Å². The van der Waals surface area contributed by atoms with E-state index in [2.05, 4.69) is 0 Å². The van der Waals surface area contributed by atoms with Gasteiger partial charge in [0.05, 0.1) is 31.9 Å². The van der Waals surface area contributed by atoms with E-state index < -0.39 is 39.8 Å². The Morgan fingerprint density at radius 2 is 1.43 bits per heavy atom. The van der Waals surface area contributed by atoms with Crippen molar-refractivity contribution in [1.82, 2.24) is 4.31 Å². The van der Waals surface area contributed by atoms with Crippen LogP contribution in [0.1, 0.15) is 27.0 Å². The average molecular weight is 696 g/mol. The number of rotatable bonds is 12. The summed E-state index contributed by atoms with van der Waals surface area (Å²) in [5, 5.41) is -0.643. The third kappa shape index (κ3) is 7.25. The van der Waals surface area contributed by atoms with Crippen LogP contribution in [0.2, 0.25) is 5.02 Å². The van der Waals surface area contributed by atoms with Gasteiger partial charge >= 0.3 is 19.2 Å². The minimum absolute atomic E-state index is 0.0819. The Balaban J connectivity index is 1.71. The number of hydrogen-bond acceptors (Lipinski definition) is 7. The normalized spacial score (nSPS) is 12.2. The van der Waals surface area contributed by atoms with Crippen molar-refractivity contribution in [3.05, 3.63) is 112 Å². The summed E-state index contributed by atoms with van der Waals surface area (Å²) in [6.45, 7) is -0.515. The molecular formula is C31H29ClF2NO9PS. The first-order chi connectivity index (χ1) is 21.6. The fourth-order valence-electron chi connectivity index (χ4n) is 4.62. The van der Waals surface area contributed by atoms with Crippen LogP contribution in [0.3, 0.4) is 0 Å². The molecule has 46 heavy (non-hydrogen) atoms. The van der Waals surface area contributed by atoms with Gasteiger partial charge in [-0.1, -0.05) is 66.2 Å². The Labute approximate surface area is 269 Å². The van der Waals surface area contributed by atoms with Gasteiger partial charge in [-0.15, -0.1) is 0 Å². The number of carbonyl (C=O) groups is 1. The molecule has 4 rings (SSSR count). The molecule has 0 radical (unpaired) electrons. The predicted molar refractivity (Wildman–Crippen MR) is 167 cm³/mol. The van der Waals surface area contributed by atoms with Gasteiger partial charge in [-0.2, -0.15) is 13.1 Å². The molecule has 0 aliphatic rings. The van der Waals surface area contributed by atoms with Gasteiger partial charge in [-0.25, -0.2) is 13.2 Å². The number of esters is 1. The van der Waals surface area contributed by atoms with Crippen LogP contribution >= 0.6 is 19.2 Å². The van der Waals surface area contributed by atoms with Gasteiger partial charge in [-0.05, 0) is 52.6 Å². The molecule has 4 aromatic carbocycles. The fraction of sp³-hybridized carbons (Fsp3) is 0.194. The van der Waals surface area contributed by atoms with Crippen molar-refractivity contribution in [3.63, 3.8) is 0 Å². The van der Waals surface area contributed by atoms with Gasteiger partial charge < -0.3 is 24.0 Å². The Kier molecular flexibility index (Phi) is 10.6. The topological polar surface area (TPSA) is 140 Å². The van der Waals surface area contributed by atoms with E-state index in [1.807, 2.05) is 0 Å². The highest BCUT2D eigenvalue weighted by molar-refractivity contribution is 7.89. The van der Waals surface area contributed by atoms with Crippen molar-refractivity contribution in [3.8, 4) is 22.6 Å². The minimum atomic E-state index is -5.89. The van der Waals surface area contributed by atoms with E-state index >= 15 is 0 Å². The van der Waals surface area contributed by atoms with Crippen LogP contribution in [0.4, 0.5) is 8.78 Å². The van der Waals surface area contributed by atoms with Gasteiger partial charge in [0, 0.05) is 13.1 Å². The molecule has 0 heterocycles. The first-order valence-electron chi connectivity index (χ1n) is 13.3. The Morgan fingerprint density at radius 3 is 2.02 bits per heavy atom. The molecule has 0 atom stereocenters. The number of nitrogens with zero attached hydrogens (tertiary/aromatic N) is 1. The molecule has 10 nitrogen and oxygen atoms in total. The van der Waals surface area contributed by atoms with Crippen molar-refractivity contribution >= 4 is 35.2 Å². The van der Waals surface area contributed by atoms with Crippen LogP contribution in [0.25, 0.3) is 11.1 Å². The number of halogens is 3. The molecule has 0 bridgehead atoms. The number of hydrogen-bond donors (Lipinski definition) is 2. The third-order valence-electron chi connectivity index (χ3n) is 7.02. The molecule has 0 fully saturated rings. The Hall–Kier alpha value is -3.84. The average Bonchev–Trinajstić information content (AvgIpc) is 3.03. The molecule has 2 N–H and O–H groups in total. The molecule has 0 aliphatic carbocycles. The molecule has 15 heteroatoms. The first-order valence-corrected chi connectivity index (χ1v) is 16.8. The van der Waals surface area contributed by atoms with Crippen LogP contribution in [-0.4, -0.2) is 49.8 Å². The summed E-state index contributed by atoms with van der Waals surface area (Å²) in [5.41, 5.74) is -3.29. The highest BCUT2D eigenvalue weighted by Crippen LogP contribution is 2.60. The fourth-order valence-corrected chi connectivity index (χ4v) is 7.09. The zero-order valence-electron chi connectivity index (χ0n) is 24.7. The number of carbonyl (C=O) groups excluding carboxylic acids is 1. The van der Waals surface area contributed by atoms with E-state index in [0.29, 0.717) is 22.4 Å². The Bertz CT molecular complexity index is 1900. The highest BCUT2D eigenvalue weighted by Gasteiger charge is 2.51. The first kappa shape index (κ1) is 35.0. The molecule has 0 unspecified atom stereocenters. The quantitative estimate of drug-likeness (QED) is 0.127. The maximum Gasteiger partial charge on any atom is 0.399 e. The highest BCUT2D eigenvalue weighted by atomic mass is 35.5. The van der Waals surface area contributed by atoms with Crippen molar-refractivity contribution in [2.45, 2.75) is 23.6 Å². The van der Waals surface area contributed by atoms with E-state index in [1.165, 1.54) is 39.5 Å². The summed E-state index contributed by atoms with van der Waals surface area (Å²) in [6.07, 6.45) is 0. The summed E-state index contributed by atoms with van der Waals surface area (Å²) >= 11 is 6.03. The van der Waals surface area contributed by atoms with Crippen molar-refractivity contribution in [2.24, 2.45) is 0 Å². The summed E-state index contributed by atoms with van der Waals surface area (Å²) in [4.78, 5) is 30.3. The van der Waals surface area contributed by atoms with Crippen LogP contribution in [0.15, 0.2) is 89.8 Å². The van der Waals surface area contributed by atoms with Crippen molar-refractivity contribution < 1.29 is 50.6 Å². The van der Waals surface area contributed by atoms with Gasteiger partial charge in [0.2, 0.25) is 10.0 Å². The summed E-state index contributed by atoms with van der Waals surface area (Å²) in [5.74, 6) is -0.160. The molecule has 0 amide bonds. The van der Waals surface area contributed by atoms with E-state index in [4.69, 9.17) is 35.6 Å². The molecule has 0 saturated carbocycles. The van der Waals surface area contributed by atoms with Crippen LogP contribution in [0.5, 0.6) is 11.5 Å². The Morgan fingerprint density at radius 1 is 0.848 bits per heavy atom. The zero-order valence-corrected chi connectivity index (χ0v) is 27.2. The van der Waals surface area contributed by atoms with Gasteiger partial charge in [0.1, 0.15) is 22.0 Å². The lowest BCUT2D eigenvalue weighted by Crippen LogP contribution is -2.30. The third-order valence-corrected chi connectivity index (χ3v) is 10.1. The number of alkyl halides is 2. The zero-order chi connectivity index (χ0) is 33.9. The standard InChI is InChI=1S/C31H29ClF2NO9PS/c1-42-27-15-13-23(17-24(27)30(36)44-3)22-11-8-20(9-12-22)18-35(46(40,41)29-7-5-4-6-28(29)43-2)19-21-10-14-25(26(32)16-21)31(33,34)45(37,38)39/h4-17H,18-19H2,1-3H3,(H2,37,38,39). The molecule has 0 aliphatic heterocycles. The molecule has 4 aromatic rings. The summed E-state index contributed by atoms with van der Waals surface area (Å²) in [6, 6.07) is 20.8.